The third-order valence-corrected chi connectivity index (χ3v) is 3.52. The molecule has 2 aromatic carbocycles. The van der Waals surface area contributed by atoms with Crippen LogP contribution >= 0.6 is 0 Å². The van der Waals surface area contributed by atoms with Gasteiger partial charge in [-0.05, 0) is 24.1 Å². The van der Waals surface area contributed by atoms with E-state index in [-0.39, 0.29) is 25.4 Å². The summed E-state index contributed by atoms with van der Waals surface area (Å²) in [5, 5.41) is 14.1. The number of benzene rings is 2. The molecule has 0 spiro atoms. The molecule has 3 N–H and O–H groups in total. The molecule has 0 aliphatic rings. The largest absolute Gasteiger partial charge is 0.480 e. The lowest BCUT2D eigenvalue weighted by molar-refractivity contribution is -0.139. The predicted molar refractivity (Wildman–Crippen MR) is 95.5 cm³/mol. The zero-order chi connectivity index (χ0) is 18.8. The summed E-state index contributed by atoms with van der Waals surface area (Å²) in [7, 11) is 0. The van der Waals surface area contributed by atoms with Crippen LogP contribution in [-0.4, -0.2) is 29.1 Å². The van der Waals surface area contributed by atoms with Crippen molar-refractivity contribution in [1.82, 2.24) is 5.32 Å². The van der Waals surface area contributed by atoms with E-state index in [2.05, 4.69) is 10.6 Å². The third-order valence-electron chi connectivity index (χ3n) is 3.52. The van der Waals surface area contributed by atoms with Crippen LogP contribution in [0.2, 0.25) is 0 Å². The molecule has 7 heteroatoms. The van der Waals surface area contributed by atoms with Crippen molar-refractivity contribution in [1.29, 1.82) is 0 Å². The molecule has 2 rings (SSSR count). The number of aliphatic carboxylic acids is 1. The van der Waals surface area contributed by atoms with Crippen LogP contribution in [0, 0.1) is 0 Å². The topological polar surface area (TPSA) is 105 Å². The number of amides is 2. The highest BCUT2D eigenvalue weighted by Crippen LogP contribution is 2.08. The van der Waals surface area contributed by atoms with Crippen molar-refractivity contribution in [2.75, 3.05) is 5.32 Å². The number of carboxylic acids is 1. The number of alkyl carbamates (subject to hydrolysis) is 1. The molecule has 2 amide bonds. The van der Waals surface area contributed by atoms with E-state index in [0.29, 0.717) is 5.69 Å². The monoisotopic (exact) mass is 356 g/mol. The van der Waals surface area contributed by atoms with Gasteiger partial charge in [0.2, 0.25) is 5.91 Å². The van der Waals surface area contributed by atoms with E-state index >= 15 is 0 Å². The summed E-state index contributed by atoms with van der Waals surface area (Å²) in [5.41, 5.74) is 1.41. The SMILES string of the molecule is O=C(CC[C@H](NC(=O)OCc1ccccc1)C(=O)O)Nc1ccccc1. The second-order valence-corrected chi connectivity index (χ2v) is 5.55. The van der Waals surface area contributed by atoms with Crippen molar-refractivity contribution < 1.29 is 24.2 Å². The van der Waals surface area contributed by atoms with Crippen LogP contribution in [-0.2, 0) is 20.9 Å². The number of hydrogen-bond acceptors (Lipinski definition) is 4. The van der Waals surface area contributed by atoms with Gasteiger partial charge in [0.25, 0.3) is 0 Å². The highest BCUT2D eigenvalue weighted by molar-refractivity contribution is 5.91. The Hall–Kier alpha value is -3.35. The Balaban J connectivity index is 1.77. The van der Waals surface area contributed by atoms with Crippen molar-refractivity contribution in [3.63, 3.8) is 0 Å². The molecule has 26 heavy (non-hydrogen) atoms. The zero-order valence-corrected chi connectivity index (χ0v) is 14.1. The van der Waals surface area contributed by atoms with Gasteiger partial charge in [0, 0.05) is 12.1 Å². The maximum Gasteiger partial charge on any atom is 0.408 e. The molecular weight excluding hydrogens is 336 g/mol. The van der Waals surface area contributed by atoms with Crippen molar-refractivity contribution in [3.8, 4) is 0 Å². The minimum Gasteiger partial charge on any atom is -0.480 e. The van der Waals surface area contributed by atoms with Crippen molar-refractivity contribution >= 4 is 23.7 Å². The lowest BCUT2D eigenvalue weighted by atomic mass is 10.1. The van der Waals surface area contributed by atoms with Crippen LogP contribution in [0.25, 0.3) is 0 Å². The maximum absolute atomic E-state index is 11.9. The Kier molecular flexibility index (Phi) is 7.17. The average molecular weight is 356 g/mol. The second kappa shape index (κ2) is 9.83. The van der Waals surface area contributed by atoms with E-state index in [1.165, 1.54) is 0 Å². The van der Waals surface area contributed by atoms with Gasteiger partial charge in [-0.2, -0.15) is 0 Å². The molecule has 0 saturated carbocycles. The van der Waals surface area contributed by atoms with E-state index in [1.54, 1.807) is 36.4 Å². The molecule has 0 aliphatic heterocycles. The van der Waals surface area contributed by atoms with E-state index in [4.69, 9.17) is 4.74 Å². The summed E-state index contributed by atoms with van der Waals surface area (Å²) in [6.07, 6.45) is -0.941. The standard InChI is InChI=1S/C19H20N2O5/c22-17(20-15-9-5-2-6-10-15)12-11-16(18(23)24)21-19(25)26-13-14-7-3-1-4-8-14/h1-10,16H,11-13H2,(H,20,22)(H,21,25)(H,23,24)/t16-/m0/s1. The van der Waals surface area contributed by atoms with E-state index < -0.39 is 18.1 Å². The number of rotatable bonds is 8. The Morgan fingerprint density at radius 3 is 2.19 bits per heavy atom. The van der Waals surface area contributed by atoms with Crippen LogP contribution < -0.4 is 10.6 Å². The predicted octanol–water partition coefficient (Wildman–Crippen LogP) is 2.78. The number of carbonyl (C=O) groups is 3. The summed E-state index contributed by atoms with van der Waals surface area (Å²) in [6.45, 7) is 0.0352. The van der Waals surface area contributed by atoms with Gasteiger partial charge in [-0.15, -0.1) is 0 Å². The summed E-state index contributed by atoms with van der Waals surface area (Å²) in [6, 6.07) is 16.7. The fourth-order valence-electron chi connectivity index (χ4n) is 2.18. The molecule has 0 bridgehead atoms. The molecule has 0 aliphatic carbocycles. The number of nitrogens with one attached hydrogen (secondary N) is 2. The number of carbonyl (C=O) groups excluding carboxylic acids is 2. The number of hydrogen-bond donors (Lipinski definition) is 3. The Bertz CT molecular complexity index is 734. The highest BCUT2D eigenvalue weighted by atomic mass is 16.5. The van der Waals surface area contributed by atoms with Crippen LogP contribution in [0.4, 0.5) is 10.5 Å². The normalized spacial score (nSPS) is 11.2. The molecular formula is C19H20N2O5. The van der Waals surface area contributed by atoms with E-state index in [1.807, 2.05) is 24.3 Å². The molecule has 0 saturated heterocycles. The Morgan fingerprint density at radius 2 is 1.58 bits per heavy atom. The van der Waals surface area contributed by atoms with Gasteiger partial charge in [0.05, 0.1) is 0 Å². The smallest absolute Gasteiger partial charge is 0.408 e. The van der Waals surface area contributed by atoms with E-state index in [9.17, 15) is 19.5 Å². The lowest BCUT2D eigenvalue weighted by Gasteiger charge is -2.14. The molecule has 0 fully saturated rings. The molecule has 136 valence electrons. The number of anilines is 1. The summed E-state index contributed by atoms with van der Waals surface area (Å²) >= 11 is 0. The van der Waals surface area contributed by atoms with Crippen LogP contribution in [0.1, 0.15) is 18.4 Å². The number of ether oxygens (including phenoxy) is 1. The fourth-order valence-corrected chi connectivity index (χ4v) is 2.18. The molecule has 0 unspecified atom stereocenters. The molecule has 2 aromatic rings. The first kappa shape index (κ1) is 19.0. The third kappa shape index (κ3) is 6.64. The molecule has 1 atom stereocenters. The van der Waals surface area contributed by atoms with E-state index in [0.717, 1.165) is 5.56 Å². The van der Waals surface area contributed by atoms with Gasteiger partial charge in [-0.1, -0.05) is 48.5 Å². The summed E-state index contributed by atoms with van der Waals surface area (Å²) < 4.78 is 5.00. The molecule has 0 heterocycles. The minimum atomic E-state index is -1.23. The average Bonchev–Trinajstić information content (AvgIpc) is 2.65. The van der Waals surface area contributed by atoms with Crippen molar-refractivity contribution in [2.24, 2.45) is 0 Å². The number of carboxylic acid groups (broad SMARTS) is 1. The molecule has 7 nitrogen and oxygen atoms in total. The molecule has 0 aromatic heterocycles. The van der Waals surface area contributed by atoms with Gasteiger partial charge in [0.15, 0.2) is 0 Å². The summed E-state index contributed by atoms with van der Waals surface area (Å²) in [5.74, 6) is -1.56. The first-order valence-corrected chi connectivity index (χ1v) is 8.09. The van der Waals surface area contributed by atoms with Crippen LogP contribution in [0.3, 0.4) is 0 Å². The van der Waals surface area contributed by atoms with Gasteiger partial charge in [-0.25, -0.2) is 9.59 Å². The van der Waals surface area contributed by atoms with Crippen LogP contribution in [0.5, 0.6) is 0 Å². The van der Waals surface area contributed by atoms with Gasteiger partial charge >= 0.3 is 12.1 Å². The highest BCUT2D eigenvalue weighted by Gasteiger charge is 2.21. The number of para-hydroxylation sites is 1. The first-order valence-electron chi connectivity index (χ1n) is 8.09. The Morgan fingerprint density at radius 1 is 0.962 bits per heavy atom. The quantitative estimate of drug-likeness (QED) is 0.674. The lowest BCUT2D eigenvalue weighted by Crippen LogP contribution is -2.41. The minimum absolute atomic E-state index is 0.0352. The van der Waals surface area contributed by atoms with Crippen molar-refractivity contribution in [3.05, 3.63) is 66.2 Å². The first-order chi connectivity index (χ1) is 12.5. The molecule has 0 radical (unpaired) electrons. The van der Waals surface area contributed by atoms with Gasteiger partial charge in [0.1, 0.15) is 12.6 Å². The summed E-state index contributed by atoms with van der Waals surface area (Å²) in [4.78, 5) is 34.9. The Labute approximate surface area is 151 Å². The fraction of sp³-hybridized carbons (Fsp3) is 0.211. The van der Waals surface area contributed by atoms with Gasteiger partial charge < -0.3 is 20.5 Å². The second-order valence-electron chi connectivity index (χ2n) is 5.55. The van der Waals surface area contributed by atoms with Crippen LogP contribution in [0.15, 0.2) is 60.7 Å². The zero-order valence-electron chi connectivity index (χ0n) is 14.1. The maximum atomic E-state index is 11.9. The van der Waals surface area contributed by atoms with Gasteiger partial charge in [-0.3, -0.25) is 4.79 Å². The van der Waals surface area contributed by atoms with Crippen molar-refractivity contribution in [2.45, 2.75) is 25.5 Å².